The quantitative estimate of drug-likeness (QED) is 0.635. The van der Waals surface area contributed by atoms with Gasteiger partial charge in [-0.1, -0.05) is 11.6 Å². The smallest absolute Gasteiger partial charge is 0.268 e. The second-order valence-electron chi connectivity index (χ2n) is 4.57. The van der Waals surface area contributed by atoms with Gasteiger partial charge in [-0.3, -0.25) is 9.36 Å². The molecule has 3 aromatic heterocycles. The van der Waals surface area contributed by atoms with Crippen LogP contribution in [-0.4, -0.2) is 19.5 Å². The summed E-state index contributed by atoms with van der Waals surface area (Å²) >= 11 is 11.0. The van der Waals surface area contributed by atoms with Crippen LogP contribution in [0, 0.1) is 13.8 Å². The number of fused-ring (bicyclic) bond motifs is 1. The van der Waals surface area contributed by atoms with Gasteiger partial charge < -0.3 is 0 Å². The van der Waals surface area contributed by atoms with E-state index >= 15 is 0 Å². The Morgan fingerprint density at radius 1 is 1.38 bits per heavy atom. The van der Waals surface area contributed by atoms with Crippen molar-refractivity contribution < 1.29 is 0 Å². The Labute approximate surface area is 137 Å². The number of aryl methyl sites for hydroxylation is 2. The summed E-state index contributed by atoms with van der Waals surface area (Å²) in [6.07, 6.45) is 2.92. The molecule has 3 aromatic rings. The van der Waals surface area contributed by atoms with Crippen LogP contribution in [0.3, 0.4) is 0 Å². The van der Waals surface area contributed by atoms with Crippen LogP contribution in [0.25, 0.3) is 10.2 Å². The van der Waals surface area contributed by atoms with Gasteiger partial charge in [0.05, 0.1) is 18.3 Å². The maximum absolute atomic E-state index is 12.0. The molecule has 0 aliphatic rings. The molecule has 0 aromatic carbocycles. The van der Waals surface area contributed by atoms with Gasteiger partial charge in [0.2, 0.25) is 0 Å². The van der Waals surface area contributed by atoms with Crippen LogP contribution in [0.2, 0.25) is 5.15 Å². The third-order valence-electron chi connectivity index (χ3n) is 3.20. The summed E-state index contributed by atoms with van der Waals surface area (Å²) < 4.78 is 1.84. The number of halogens is 2. The van der Waals surface area contributed by atoms with Crippen LogP contribution < -0.4 is 5.56 Å². The second-order valence-corrected chi connectivity index (χ2v) is 6.98. The van der Waals surface area contributed by atoms with Crippen molar-refractivity contribution in [3.05, 3.63) is 48.8 Å². The Morgan fingerprint density at radius 2 is 2.14 bits per heavy atom. The van der Waals surface area contributed by atoms with Crippen molar-refractivity contribution in [3.8, 4) is 0 Å². The Morgan fingerprint density at radius 3 is 2.90 bits per heavy atom. The number of thiophene rings is 1. The number of nitrogens with zero attached hydrogens (tertiary/aromatic N) is 4. The zero-order valence-electron chi connectivity index (χ0n) is 11.2. The van der Waals surface area contributed by atoms with Gasteiger partial charge in [-0.05, 0) is 35.3 Å². The van der Waals surface area contributed by atoms with E-state index in [0.29, 0.717) is 15.5 Å². The molecule has 0 unspecified atom stereocenters. The molecule has 3 rings (SSSR count). The molecule has 0 fully saturated rings. The summed E-state index contributed by atoms with van der Waals surface area (Å²) in [6.45, 7) is 4.27. The average molecular weight is 386 g/mol. The molecule has 0 saturated heterocycles. The maximum atomic E-state index is 12.0. The van der Waals surface area contributed by atoms with E-state index < -0.39 is 0 Å². The van der Waals surface area contributed by atoms with E-state index in [0.717, 1.165) is 15.8 Å². The fraction of sp³-hybridized carbons (Fsp3) is 0.231. The lowest BCUT2D eigenvalue weighted by atomic mass is 10.2. The maximum Gasteiger partial charge on any atom is 0.268 e. The minimum atomic E-state index is -0.177. The first-order valence-corrected chi connectivity index (χ1v) is 8.08. The lowest BCUT2D eigenvalue weighted by molar-refractivity contribution is 0.697. The van der Waals surface area contributed by atoms with Gasteiger partial charge in [0.15, 0.2) is 5.82 Å². The molecule has 8 heteroatoms. The van der Waals surface area contributed by atoms with E-state index in [2.05, 4.69) is 30.9 Å². The zero-order chi connectivity index (χ0) is 15.1. The molecule has 0 radical (unpaired) electrons. The van der Waals surface area contributed by atoms with E-state index in [9.17, 15) is 4.79 Å². The summed E-state index contributed by atoms with van der Waals surface area (Å²) in [7, 11) is 0. The monoisotopic (exact) mass is 384 g/mol. The van der Waals surface area contributed by atoms with Crippen LogP contribution in [-0.2, 0) is 6.54 Å². The first-order chi connectivity index (χ1) is 9.97. The van der Waals surface area contributed by atoms with Crippen molar-refractivity contribution in [2.45, 2.75) is 20.4 Å². The minimum Gasteiger partial charge on any atom is -0.291 e. The van der Waals surface area contributed by atoms with E-state index in [1.165, 1.54) is 22.0 Å². The van der Waals surface area contributed by atoms with Crippen molar-refractivity contribution in [1.82, 2.24) is 19.5 Å². The number of hydrogen-bond acceptors (Lipinski definition) is 5. The molecule has 0 bridgehead atoms. The number of aromatic nitrogens is 4. The predicted octanol–water partition coefficient (Wildman–Crippen LogP) is 3.33. The first kappa shape index (κ1) is 14.6. The summed E-state index contributed by atoms with van der Waals surface area (Å²) in [5.74, 6) is 0.496. The summed E-state index contributed by atoms with van der Waals surface area (Å²) in [6, 6.07) is 0. The largest absolute Gasteiger partial charge is 0.291 e. The van der Waals surface area contributed by atoms with Gasteiger partial charge in [-0.15, -0.1) is 11.3 Å². The van der Waals surface area contributed by atoms with E-state index in [4.69, 9.17) is 11.6 Å². The van der Waals surface area contributed by atoms with Crippen molar-refractivity contribution in [2.24, 2.45) is 0 Å². The van der Waals surface area contributed by atoms with Crippen molar-refractivity contribution in [1.29, 1.82) is 0 Å². The standard InChI is InChI=1S/C13H10BrClN4OS/c1-6-7(2)21-12-10(6)11(15)17-9(18-12)4-19-5-16-3-8(14)13(19)20/h3,5H,4H2,1-2H3. The molecule has 0 N–H and O–H groups in total. The van der Waals surface area contributed by atoms with Crippen LogP contribution in [0.1, 0.15) is 16.3 Å². The first-order valence-electron chi connectivity index (χ1n) is 6.09. The zero-order valence-corrected chi connectivity index (χ0v) is 14.4. The van der Waals surface area contributed by atoms with Crippen molar-refractivity contribution in [2.75, 3.05) is 0 Å². The molecular formula is C13H10BrClN4OS. The molecule has 5 nitrogen and oxygen atoms in total. The Hall–Kier alpha value is -1.31. The Balaban J connectivity index is 2.10. The van der Waals surface area contributed by atoms with Gasteiger partial charge in [0.25, 0.3) is 5.56 Å². The lowest BCUT2D eigenvalue weighted by Gasteiger charge is -2.05. The minimum absolute atomic E-state index is 0.177. The van der Waals surface area contributed by atoms with E-state index in [1.807, 2.05) is 13.8 Å². The fourth-order valence-electron chi connectivity index (χ4n) is 2.00. The number of rotatable bonds is 2. The summed E-state index contributed by atoms with van der Waals surface area (Å²) in [4.78, 5) is 26.8. The molecular weight excluding hydrogens is 376 g/mol. The van der Waals surface area contributed by atoms with Crippen LogP contribution in [0.4, 0.5) is 0 Å². The van der Waals surface area contributed by atoms with Gasteiger partial charge >= 0.3 is 0 Å². The second kappa shape index (κ2) is 5.47. The number of hydrogen-bond donors (Lipinski definition) is 0. The molecule has 0 aliphatic heterocycles. The third-order valence-corrected chi connectivity index (χ3v) is 5.12. The van der Waals surface area contributed by atoms with Crippen LogP contribution in [0.15, 0.2) is 21.8 Å². The average Bonchev–Trinajstić information content (AvgIpc) is 2.71. The predicted molar refractivity (Wildman–Crippen MR) is 87.2 cm³/mol. The normalized spacial score (nSPS) is 11.2. The topological polar surface area (TPSA) is 60.7 Å². The molecule has 0 atom stereocenters. The van der Waals surface area contributed by atoms with Gasteiger partial charge in [-0.25, -0.2) is 15.0 Å². The molecule has 0 aliphatic carbocycles. The molecule has 3 heterocycles. The highest BCUT2D eigenvalue weighted by molar-refractivity contribution is 9.10. The summed E-state index contributed by atoms with van der Waals surface area (Å²) in [5.41, 5.74) is 0.927. The van der Waals surface area contributed by atoms with Gasteiger partial charge in [-0.2, -0.15) is 0 Å². The Kier molecular flexibility index (Phi) is 3.81. The molecule has 0 saturated carbocycles. The highest BCUT2D eigenvalue weighted by atomic mass is 79.9. The fourth-order valence-corrected chi connectivity index (χ4v) is 3.78. The summed E-state index contributed by atoms with van der Waals surface area (Å²) in [5, 5.41) is 1.32. The lowest BCUT2D eigenvalue weighted by Crippen LogP contribution is -2.22. The molecule has 108 valence electrons. The molecule has 0 spiro atoms. The van der Waals surface area contributed by atoms with Gasteiger partial charge in [0.1, 0.15) is 14.5 Å². The molecule has 21 heavy (non-hydrogen) atoms. The molecule has 0 amide bonds. The van der Waals surface area contributed by atoms with E-state index in [1.54, 1.807) is 11.3 Å². The highest BCUT2D eigenvalue weighted by Crippen LogP contribution is 2.32. The van der Waals surface area contributed by atoms with Gasteiger partial charge in [0, 0.05) is 11.1 Å². The van der Waals surface area contributed by atoms with E-state index in [-0.39, 0.29) is 12.1 Å². The Bertz CT molecular complexity index is 905. The van der Waals surface area contributed by atoms with Crippen LogP contribution in [0.5, 0.6) is 0 Å². The highest BCUT2D eigenvalue weighted by Gasteiger charge is 2.14. The van der Waals surface area contributed by atoms with Crippen molar-refractivity contribution in [3.63, 3.8) is 0 Å². The van der Waals surface area contributed by atoms with Crippen LogP contribution >= 0.6 is 38.9 Å². The third kappa shape index (κ3) is 2.61. The van der Waals surface area contributed by atoms with Crippen molar-refractivity contribution >= 4 is 49.1 Å². The SMILES string of the molecule is Cc1sc2nc(Cn3cncc(Br)c3=O)nc(Cl)c2c1C.